The molecule has 72 valence electrons. The number of hydrogen-bond donors (Lipinski definition) is 1. The van der Waals surface area contributed by atoms with Crippen molar-refractivity contribution in [2.45, 2.75) is 18.7 Å². The zero-order valence-corrected chi connectivity index (χ0v) is 6.62. The van der Waals surface area contributed by atoms with E-state index in [0.717, 1.165) is 0 Å². The second kappa shape index (κ2) is 3.74. The third-order valence-corrected chi connectivity index (χ3v) is 1.51. The van der Waals surface area contributed by atoms with Crippen molar-refractivity contribution in [3.63, 3.8) is 0 Å². The Morgan fingerprint density at radius 3 is 2.54 bits per heavy atom. The van der Waals surface area contributed by atoms with Crippen LogP contribution >= 0.6 is 0 Å². The zero-order valence-electron chi connectivity index (χ0n) is 6.62. The average molecular weight is 191 g/mol. The SMILES string of the molecule is O[C@H](Cc1ccccn1)C(F)(F)F. The minimum Gasteiger partial charge on any atom is -0.383 e. The van der Waals surface area contributed by atoms with E-state index >= 15 is 0 Å². The van der Waals surface area contributed by atoms with Crippen molar-refractivity contribution in [3.8, 4) is 0 Å². The normalized spacial score (nSPS) is 14.2. The molecule has 13 heavy (non-hydrogen) atoms. The highest BCUT2D eigenvalue weighted by atomic mass is 19.4. The fraction of sp³-hybridized carbons (Fsp3) is 0.375. The van der Waals surface area contributed by atoms with E-state index in [1.807, 2.05) is 0 Å². The molecule has 5 heteroatoms. The molecule has 0 spiro atoms. The van der Waals surface area contributed by atoms with Gasteiger partial charge < -0.3 is 5.11 Å². The van der Waals surface area contributed by atoms with Crippen LogP contribution in [0.5, 0.6) is 0 Å². The summed E-state index contributed by atoms with van der Waals surface area (Å²) in [5.74, 6) is 0. The molecule has 1 rings (SSSR count). The Balaban J connectivity index is 2.61. The molecule has 0 aliphatic heterocycles. The van der Waals surface area contributed by atoms with Gasteiger partial charge in [0.1, 0.15) is 0 Å². The fourth-order valence-corrected chi connectivity index (χ4v) is 0.833. The summed E-state index contributed by atoms with van der Waals surface area (Å²) in [6, 6.07) is 4.61. The molecule has 1 N–H and O–H groups in total. The van der Waals surface area contributed by atoms with Gasteiger partial charge in [-0.3, -0.25) is 4.98 Å². The monoisotopic (exact) mass is 191 g/mol. The maximum Gasteiger partial charge on any atom is 0.414 e. The van der Waals surface area contributed by atoms with E-state index in [1.165, 1.54) is 12.3 Å². The van der Waals surface area contributed by atoms with E-state index in [9.17, 15) is 13.2 Å². The lowest BCUT2D eigenvalue weighted by Crippen LogP contribution is -2.30. The molecule has 1 heterocycles. The maximum atomic E-state index is 11.9. The molecule has 0 unspecified atom stereocenters. The Morgan fingerprint density at radius 2 is 2.08 bits per heavy atom. The number of halogens is 3. The van der Waals surface area contributed by atoms with E-state index in [-0.39, 0.29) is 5.69 Å². The number of rotatable bonds is 2. The first kappa shape index (κ1) is 9.98. The molecule has 0 saturated heterocycles. The van der Waals surface area contributed by atoms with Crippen LogP contribution in [0.15, 0.2) is 24.4 Å². The zero-order chi connectivity index (χ0) is 9.90. The summed E-state index contributed by atoms with van der Waals surface area (Å²) in [4.78, 5) is 3.67. The molecule has 0 radical (unpaired) electrons. The summed E-state index contributed by atoms with van der Waals surface area (Å²) in [5.41, 5.74) is 0.229. The second-order valence-corrected chi connectivity index (χ2v) is 2.58. The van der Waals surface area contributed by atoms with Crippen LogP contribution in [0, 0.1) is 0 Å². The van der Waals surface area contributed by atoms with Crippen LogP contribution in [-0.2, 0) is 6.42 Å². The van der Waals surface area contributed by atoms with E-state index in [2.05, 4.69) is 4.98 Å². The number of hydrogen-bond acceptors (Lipinski definition) is 2. The topological polar surface area (TPSA) is 33.1 Å². The minimum absolute atomic E-state index is 0.229. The third-order valence-electron chi connectivity index (χ3n) is 1.51. The molecule has 2 nitrogen and oxygen atoms in total. The third kappa shape index (κ3) is 3.02. The summed E-state index contributed by atoms with van der Waals surface area (Å²) in [6.45, 7) is 0. The van der Waals surface area contributed by atoms with Gasteiger partial charge in [-0.2, -0.15) is 13.2 Å². The summed E-state index contributed by atoms with van der Waals surface area (Å²) in [6.07, 6.45) is -6.01. The summed E-state index contributed by atoms with van der Waals surface area (Å²) < 4.78 is 35.6. The van der Waals surface area contributed by atoms with Crippen LogP contribution in [0.25, 0.3) is 0 Å². The molecule has 1 aromatic heterocycles. The number of aliphatic hydroxyl groups excluding tert-OH is 1. The molecular formula is C8H8F3NO. The molecule has 0 saturated carbocycles. The molecule has 1 atom stereocenters. The smallest absolute Gasteiger partial charge is 0.383 e. The minimum atomic E-state index is -4.57. The lowest BCUT2D eigenvalue weighted by atomic mass is 10.2. The fourth-order valence-electron chi connectivity index (χ4n) is 0.833. The summed E-state index contributed by atoms with van der Waals surface area (Å²) >= 11 is 0. The molecule has 0 fully saturated rings. The average Bonchev–Trinajstić information content (AvgIpc) is 2.04. The predicted octanol–water partition coefficient (Wildman–Crippen LogP) is 1.55. The predicted molar refractivity (Wildman–Crippen MR) is 40.0 cm³/mol. The number of aromatic nitrogens is 1. The van der Waals surface area contributed by atoms with Gasteiger partial charge in [-0.1, -0.05) is 6.07 Å². The van der Waals surface area contributed by atoms with Crippen molar-refractivity contribution >= 4 is 0 Å². The van der Waals surface area contributed by atoms with Crippen molar-refractivity contribution in [3.05, 3.63) is 30.1 Å². The first-order valence-electron chi connectivity index (χ1n) is 3.65. The van der Waals surface area contributed by atoms with Gasteiger partial charge in [-0.15, -0.1) is 0 Å². The van der Waals surface area contributed by atoms with Crippen LogP contribution in [0.4, 0.5) is 13.2 Å². The Morgan fingerprint density at radius 1 is 1.38 bits per heavy atom. The molecule has 1 aromatic rings. The first-order valence-corrected chi connectivity index (χ1v) is 3.65. The number of pyridine rings is 1. The highest BCUT2D eigenvalue weighted by Gasteiger charge is 2.38. The van der Waals surface area contributed by atoms with Gasteiger partial charge in [0, 0.05) is 18.3 Å². The number of aliphatic hydroxyl groups is 1. The van der Waals surface area contributed by atoms with E-state index in [0.29, 0.717) is 0 Å². The van der Waals surface area contributed by atoms with E-state index < -0.39 is 18.7 Å². The van der Waals surface area contributed by atoms with Crippen LogP contribution in [0.3, 0.4) is 0 Å². The Labute approximate surface area is 73.0 Å². The standard InChI is InChI=1S/C8H8F3NO/c9-8(10,11)7(13)5-6-3-1-2-4-12-6/h1-4,7,13H,5H2/t7-/m1/s1. The van der Waals surface area contributed by atoms with Crippen molar-refractivity contribution < 1.29 is 18.3 Å². The van der Waals surface area contributed by atoms with Gasteiger partial charge >= 0.3 is 6.18 Å². The summed E-state index contributed by atoms with van der Waals surface area (Å²) in [7, 11) is 0. The lowest BCUT2D eigenvalue weighted by molar-refractivity contribution is -0.203. The molecule has 0 aromatic carbocycles. The van der Waals surface area contributed by atoms with Crippen molar-refractivity contribution in [1.29, 1.82) is 0 Å². The van der Waals surface area contributed by atoms with Crippen molar-refractivity contribution in [2.24, 2.45) is 0 Å². The quantitative estimate of drug-likeness (QED) is 0.769. The maximum absolute atomic E-state index is 11.9. The Hall–Kier alpha value is -1.10. The summed E-state index contributed by atoms with van der Waals surface area (Å²) in [5, 5.41) is 8.67. The highest BCUT2D eigenvalue weighted by Crippen LogP contribution is 2.22. The Bertz CT molecular complexity index is 260. The first-order chi connectivity index (χ1) is 6.00. The van der Waals surface area contributed by atoms with Gasteiger partial charge in [-0.05, 0) is 12.1 Å². The second-order valence-electron chi connectivity index (χ2n) is 2.58. The van der Waals surface area contributed by atoms with Crippen LogP contribution in [0.2, 0.25) is 0 Å². The highest BCUT2D eigenvalue weighted by molar-refractivity contribution is 5.05. The van der Waals surface area contributed by atoms with Gasteiger partial charge in [0.05, 0.1) is 0 Å². The van der Waals surface area contributed by atoms with Gasteiger partial charge in [0.15, 0.2) is 6.10 Å². The van der Waals surface area contributed by atoms with E-state index in [1.54, 1.807) is 12.1 Å². The largest absolute Gasteiger partial charge is 0.414 e. The number of nitrogens with zero attached hydrogens (tertiary/aromatic N) is 1. The van der Waals surface area contributed by atoms with Crippen LogP contribution in [0.1, 0.15) is 5.69 Å². The molecule has 0 amide bonds. The van der Waals surface area contributed by atoms with Gasteiger partial charge in [0.2, 0.25) is 0 Å². The Kier molecular flexibility index (Phi) is 2.87. The molecule has 0 bridgehead atoms. The molecule has 0 aliphatic rings. The van der Waals surface area contributed by atoms with Gasteiger partial charge in [0.25, 0.3) is 0 Å². The van der Waals surface area contributed by atoms with Crippen LogP contribution < -0.4 is 0 Å². The number of alkyl halides is 3. The molecule has 0 aliphatic carbocycles. The molecular weight excluding hydrogens is 183 g/mol. The van der Waals surface area contributed by atoms with Crippen molar-refractivity contribution in [2.75, 3.05) is 0 Å². The van der Waals surface area contributed by atoms with Gasteiger partial charge in [-0.25, -0.2) is 0 Å². The lowest BCUT2D eigenvalue weighted by Gasteiger charge is -2.13. The van der Waals surface area contributed by atoms with E-state index in [4.69, 9.17) is 5.11 Å². The van der Waals surface area contributed by atoms with Crippen LogP contribution in [-0.4, -0.2) is 22.4 Å². The van der Waals surface area contributed by atoms with Crippen molar-refractivity contribution in [1.82, 2.24) is 4.98 Å².